The Kier molecular flexibility index (Phi) is 5.96. The Morgan fingerprint density at radius 2 is 1.79 bits per heavy atom. The van der Waals surface area contributed by atoms with Crippen LogP contribution in [0.2, 0.25) is 0 Å². The van der Waals surface area contributed by atoms with Crippen molar-refractivity contribution in [3.8, 4) is 0 Å². The normalized spacial score (nSPS) is 10.1. The van der Waals surface area contributed by atoms with Crippen molar-refractivity contribution >= 4 is 28.9 Å². The number of anilines is 1. The molecule has 0 saturated carbocycles. The molecule has 0 spiro atoms. The number of hydrogen-bond acceptors (Lipinski definition) is 2. The molecule has 3 nitrogen and oxygen atoms in total. The molecule has 1 rings (SSSR count). The van der Waals surface area contributed by atoms with Crippen molar-refractivity contribution in [3.63, 3.8) is 0 Å². The van der Waals surface area contributed by atoms with Crippen molar-refractivity contribution in [2.24, 2.45) is 0 Å². The second kappa shape index (κ2) is 7.24. The van der Waals surface area contributed by atoms with Crippen LogP contribution in [0.5, 0.6) is 0 Å². The number of thiocarbonyl (C=S) groups is 1. The number of benzene rings is 1. The Morgan fingerprint density at radius 3 is 2.32 bits per heavy atom. The summed E-state index contributed by atoms with van der Waals surface area (Å²) in [6, 6.07) is 4.19. The van der Waals surface area contributed by atoms with Crippen molar-refractivity contribution in [2.45, 2.75) is 47.0 Å². The van der Waals surface area contributed by atoms with Crippen LogP contribution in [0.1, 0.15) is 42.9 Å². The highest BCUT2D eigenvalue weighted by atomic mass is 32.1. The van der Waals surface area contributed by atoms with E-state index in [9.17, 15) is 4.79 Å². The van der Waals surface area contributed by atoms with E-state index in [0.29, 0.717) is 11.5 Å². The zero-order chi connectivity index (χ0) is 14.4. The fraction of sp³-hybridized carbons (Fsp3) is 0.467. The van der Waals surface area contributed by atoms with Gasteiger partial charge in [-0.25, -0.2) is 0 Å². The lowest BCUT2D eigenvalue weighted by atomic mass is 10.1. The zero-order valence-electron chi connectivity index (χ0n) is 12.1. The van der Waals surface area contributed by atoms with Gasteiger partial charge < -0.3 is 10.6 Å². The predicted octanol–water partition coefficient (Wildman–Crippen LogP) is 3.62. The van der Waals surface area contributed by atoms with Gasteiger partial charge >= 0.3 is 0 Å². The summed E-state index contributed by atoms with van der Waals surface area (Å²) in [6.07, 6.45) is 2.41. The number of nitrogens with one attached hydrogen (secondary N) is 2. The van der Waals surface area contributed by atoms with Gasteiger partial charge in [-0.1, -0.05) is 31.0 Å². The molecular formula is C15H22N2OS. The molecule has 0 saturated heterocycles. The highest BCUT2D eigenvalue weighted by Gasteiger charge is 2.08. The number of aryl methyl sites for hydroxylation is 3. The van der Waals surface area contributed by atoms with Crippen molar-refractivity contribution < 1.29 is 4.79 Å². The van der Waals surface area contributed by atoms with Crippen LogP contribution in [0.15, 0.2) is 12.1 Å². The van der Waals surface area contributed by atoms with Crippen LogP contribution >= 0.6 is 12.2 Å². The average Bonchev–Trinajstić information content (AvgIpc) is 2.31. The van der Waals surface area contributed by atoms with Crippen molar-refractivity contribution in [2.75, 3.05) is 5.32 Å². The van der Waals surface area contributed by atoms with Gasteiger partial charge in [0.15, 0.2) is 5.11 Å². The standard InChI is InChI=1S/C15H22N2OS/c1-5-6-7-13(18)16-15(19)17-14-11(3)8-10(2)9-12(14)4/h8-9H,5-7H2,1-4H3,(H2,16,17,18,19). The molecule has 0 aromatic heterocycles. The van der Waals surface area contributed by atoms with E-state index < -0.39 is 0 Å². The molecule has 2 N–H and O–H groups in total. The van der Waals surface area contributed by atoms with E-state index >= 15 is 0 Å². The van der Waals surface area contributed by atoms with E-state index in [1.54, 1.807) is 0 Å². The number of unbranched alkanes of at least 4 members (excludes halogenated alkanes) is 1. The maximum atomic E-state index is 11.6. The molecule has 0 heterocycles. The third kappa shape index (κ3) is 4.99. The number of carbonyl (C=O) groups is 1. The molecule has 1 aromatic rings. The molecule has 0 aliphatic heterocycles. The summed E-state index contributed by atoms with van der Waals surface area (Å²) in [5.41, 5.74) is 4.45. The first-order chi connectivity index (χ1) is 8.93. The predicted molar refractivity (Wildman–Crippen MR) is 84.5 cm³/mol. The molecule has 0 fully saturated rings. The van der Waals surface area contributed by atoms with Gasteiger partial charge in [-0.05, 0) is 50.5 Å². The van der Waals surface area contributed by atoms with Crippen LogP contribution < -0.4 is 10.6 Å². The van der Waals surface area contributed by atoms with Crippen molar-refractivity contribution in [1.29, 1.82) is 0 Å². The van der Waals surface area contributed by atoms with E-state index in [4.69, 9.17) is 12.2 Å². The Labute approximate surface area is 120 Å². The van der Waals surface area contributed by atoms with Crippen molar-refractivity contribution in [3.05, 3.63) is 28.8 Å². The van der Waals surface area contributed by atoms with Gasteiger partial charge in [0.2, 0.25) is 5.91 Å². The monoisotopic (exact) mass is 278 g/mol. The minimum Gasteiger partial charge on any atom is -0.332 e. The second-order valence-electron chi connectivity index (χ2n) is 4.88. The molecule has 104 valence electrons. The molecule has 0 bridgehead atoms. The summed E-state index contributed by atoms with van der Waals surface area (Å²) in [4.78, 5) is 11.6. The first kappa shape index (κ1) is 15.6. The molecule has 0 aliphatic carbocycles. The van der Waals surface area contributed by atoms with E-state index in [-0.39, 0.29) is 5.91 Å². The molecular weight excluding hydrogens is 256 g/mol. The SMILES string of the molecule is CCCCC(=O)NC(=S)Nc1c(C)cc(C)cc1C. The van der Waals surface area contributed by atoms with E-state index in [1.165, 1.54) is 5.56 Å². The maximum Gasteiger partial charge on any atom is 0.226 e. The van der Waals surface area contributed by atoms with E-state index in [2.05, 4.69) is 36.6 Å². The smallest absolute Gasteiger partial charge is 0.226 e. The topological polar surface area (TPSA) is 41.1 Å². The van der Waals surface area contributed by atoms with E-state index in [0.717, 1.165) is 29.7 Å². The second-order valence-corrected chi connectivity index (χ2v) is 5.29. The largest absolute Gasteiger partial charge is 0.332 e. The summed E-state index contributed by atoms with van der Waals surface area (Å²) in [5.74, 6) is -0.0261. The fourth-order valence-corrected chi connectivity index (χ4v) is 2.26. The van der Waals surface area contributed by atoms with Gasteiger partial charge in [0.05, 0.1) is 0 Å². The fourth-order valence-electron chi connectivity index (χ4n) is 2.05. The van der Waals surface area contributed by atoms with Crippen molar-refractivity contribution in [1.82, 2.24) is 5.32 Å². The molecule has 19 heavy (non-hydrogen) atoms. The number of carbonyl (C=O) groups excluding carboxylic acids is 1. The van der Waals surface area contributed by atoms with Gasteiger partial charge in [-0.2, -0.15) is 0 Å². The first-order valence-electron chi connectivity index (χ1n) is 6.62. The maximum absolute atomic E-state index is 11.6. The molecule has 0 aliphatic rings. The summed E-state index contributed by atoms with van der Waals surface area (Å²) >= 11 is 5.17. The van der Waals surface area contributed by atoms with Crippen LogP contribution in [-0.4, -0.2) is 11.0 Å². The average molecular weight is 278 g/mol. The van der Waals surface area contributed by atoms with Crippen LogP contribution in [0.3, 0.4) is 0 Å². The van der Waals surface area contributed by atoms with Crippen LogP contribution in [0, 0.1) is 20.8 Å². The van der Waals surface area contributed by atoms with Gasteiger partial charge in [0.1, 0.15) is 0 Å². The quantitative estimate of drug-likeness (QED) is 0.827. The molecule has 0 unspecified atom stereocenters. The lowest BCUT2D eigenvalue weighted by Gasteiger charge is -2.15. The minimum absolute atomic E-state index is 0.0261. The Morgan fingerprint density at radius 1 is 1.21 bits per heavy atom. The number of amides is 1. The third-order valence-corrected chi connectivity index (χ3v) is 3.13. The minimum atomic E-state index is -0.0261. The third-order valence-electron chi connectivity index (χ3n) is 2.93. The Bertz CT molecular complexity index is 460. The molecule has 1 amide bonds. The van der Waals surface area contributed by atoms with E-state index in [1.807, 2.05) is 13.8 Å². The van der Waals surface area contributed by atoms with Gasteiger partial charge in [0, 0.05) is 12.1 Å². The van der Waals surface area contributed by atoms with Gasteiger partial charge in [0.25, 0.3) is 0 Å². The molecule has 0 radical (unpaired) electrons. The zero-order valence-corrected chi connectivity index (χ0v) is 12.9. The van der Waals surface area contributed by atoms with Crippen LogP contribution in [0.25, 0.3) is 0 Å². The lowest BCUT2D eigenvalue weighted by Crippen LogP contribution is -2.34. The summed E-state index contributed by atoms with van der Waals surface area (Å²) in [5, 5.41) is 6.20. The highest BCUT2D eigenvalue weighted by Crippen LogP contribution is 2.21. The summed E-state index contributed by atoms with van der Waals surface area (Å²) in [6.45, 7) is 8.19. The Hall–Kier alpha value is -1.42. The van der Waals surface area contributed by atoms with Crippen LogP contribution in [0.4, 0.5) is 5.69 Å². The van der Waals surface area contributed by atoms with Crippen LogP contribution in [-0.2, 0) is 4.79 Å². The highest BCUT2D eigenvalue weighted by molar-refractivity contribution is 7.80. The molecule has 0 atom stereocenters. The lowest BCUT2D eigenvalue weighted by molar-refractivity contribution is -0.119. The molecule has 4 heteroatoms. The summed E-state index contributed by atoms with van der Waals surface area (Å²) in [7, 11) is 0. The first-order valence-corrected chi connectivity index (χ1v) is 7.03. The van der Waals surface area contributed by atoms with Gasteiger partial charge in [-0.3, -0.25) is 4.79 Å². The Balaban J connectivity index is 2.65. The number of hydrogen-bond donors (Lipinski definition) is 2. The number of rotatable bonds is 4. The van der Waals surface area contributed by atoms with Gasteiger partial charge in [-0.15, -0.1) is 0 Å². The molecule has 1 aromatic carbocycles. The summed E-state index contributed by atoms with van der Waals surface area (Å²) < 4.78 is 0.